The second-order valence-corrected chi connectivity index (χ2v) is 8.50. The highest BCUT2D eigenvalue weighted by Crippen LogP contribution is 2.36. The molecule has 2 aliphatic heterocycles. The molecule has 1 atom stereocenters. The molecule has 0 bridgehead atoms. The second-order valence-electron chi connectivity index (χ2n) is 8.50. The maximum atomic E-state index is 12.6. The van der Waals surface area contributed by atoms with E-state index in [2.05, 4.69) is 47.2 Å². The van der Waals surface area contributed by atoms with Crippen LogP contribution in [0, 0.1) is 0 Å². The molecule has 3 heterocycles. The van der Waals surface area contributed by atoms with Gasteiger partial charge >= 0.3 is 0 Å². The summed E-state index contributed by atoms with van der Waals surface area (Å²) in [6.45, 7) is 10.5. The van der Waals surface area contributed by atoms with Gasteiger partial charge < -0.3 is 4.90 Å². The van der Waals surface area contributed by atoms with Crippen molar-refractivity contribution in [1.82, 2.24) is 20.0 Å². The van der Waals surface area contributed by atoms with Crippen LogP contribution in [0.5, 0.6) is 0 Å². The fraction of sp³-hybridized carbons (Fsp3) is 0.571. The topological polar surface area (TPSA) is 70.5 Å². The number of imide groups is 1. The highest BCUT2D eigenvalue weighted by molar-refractivity contribution is 6.05. The smallest absolute Gasteiger partial charge is 0.238 e. The van der Waals surface area contributed by atoms with Crippen molar-refractivity contribution in [3.8, 4) is 0 Å². The number of carbonyl (C=O) groups is 2. The predicted molar refractivity (Wildman–Crippen MR) is 109 cm³/mol. The number of aromatic nitrogens is 2. The Morgan fingerprint density at radius 1 is 1.14 bits per heavy atom. The average molecular weight is 383 g/mol. The molecule has 0 saturated carbocycles. The summed E-state index contributed by atoms with van der Waals surface area (Å²) in [7, 11) is 1.92. The van der Waals surface area contributed by atoms with E-state index in [1.807, 2.05) is 18.7 Å². The lowest BCUT2D eigenvalue weighted by atomic mass is 9.77. The number of piperidine rings is 1. The molecule has 1 unspecified atom stereocenters. The van der Waals surface area contributed by atoms with Crippen molar-refractivity contribution in [3.63, 3.8) is 0 Å². The quantitative estimate of drug-likeness (QED) is 0.819. The molecule has 0 aliphatic carbocycles. The van der Waals surface area contributed by atoms with E-state index in [4.69, 9.17) is 5.10 Å². The Hall–Kier alpha value is -2.41. The van der Waals surface area contributed by atoms with Gasteiger partial charge in [-0.05, 0) is 45.4 Å². The molecule has 7 nitrogen and oxygen atoms in total. The van der Waals surface area contributed by atoms with Gasteiger partial charge in [-0.3, -0.25) is 24.5 Å². The van der Waals surface area contributed by atoms with Gasteiger partial charge in [0.05, 0.1) is 16.6 Å². The van der Waals surface area contributed by atoms with Gasteiger partial charge in [-0.1, -0.05) is 0 Å². The van der Waals surface area contributed by atoms with Gasteiger partial charge in [-0.25, -0.2) is 0 Å². The molecule has 1 N–H and O–H groups in total. The van der Waals surface area contributed by atoms with Crippen molar-refractivity contribution in [1.29, 1.82) is 0 Å². The number of aryl methyl sites for hydroxylation is 1. The van der Waals surface area contributed by atoms with Gasteiger partial charge in [0.2, 0.25) is 11.8 Å². The van der Waals surface area contributed by atoms with Gasteiger partial charge in [-0.15, -0.1) is 0 Å². The minimum Gasteiger partial charge on any atom is -0.369 e. The molecule has 2 aromatic rings. The number of amides is 2. The third kappa shape index (κ3) is 3.07. The van der Waals surface area contributed by atoms with E-state index in [-0.39, 0.29) is 11.8 Å². The number of rotatable bonds is 3. The van der Waals surface area contributed by atoms with Crippen LogP contribution < -0.4 is 10.2 Å². The highest BCUT2D eigenvalue weighted by atomic mass is 16.2. The fourth-order valence-electron chi connectivity index (χ4n) is 4.38. The number of hydrogen-bond acceptors (Lipinski definition) is 5. The first-order chi connectivity index (χ1) is 13.3. The number of hydrogen-bond donors (Lipinski definition) is 1. The molecule has 1 aromatic heterocycles. The summed E-state index contributed by atoms with van der Waals surface area (Å²) in [5.74, 6) is -0.455. The first-order valence-electron chi connectivity index (χ1n) is 10.1. The number of piperazine rings is 1. The fourth-order valence-corrected chi connectivity index (χ4v) is 4.38. The third-order valence-electron chi connectivity index (χ3n) is 6.37. The standard InChI is InChI=1S/C21H29N5O2/c1-14(2)25-9-11-26(12-10-25)15-5-6-16-17(13-15)24(4)23-19(16)21(3)8-7-18(27)22-20(21)28/h5-6,13-14H,7-12H2,1-4H3,(H,22,27,28). The molecule has 28 heavy (non-hydrogen) atoms. The van der Waals surface area contributed by atoms with Crippen molar-refractivity contribution in [3.05, 3.63) is 23.9 Å². The normalized spacial score (nSPS) is 24.2. The summed E-state index contributed by atoms with van der Waals surface area (Å²) in [6.07, 6.45) is 0.835. The molecule has 0 spiro atoms. The van der Waals surface area contributed by atoms with Crippen LogP contribution in [0.3, 0.4) is 0 Å². The predicted octanol–water partition coefficient (Wildman–Crippen LogP) is 1.80. The number of nitrogens with one attached hydrogen (secondary N) is 1. The van der Waals surface area contributed by atoms with Crippen molar-refractivity contribution in [2.45, 2.75) is 45.1 Å². The molecule has 2 fully saturated rings. The third-order valence-corrected chi connectivity index (χ3v) is 6.37. The molecule has 150 valence electrons. The molecule has 4 rings (SSSR count). The van der Waals surface area contributed by atoms with E-state index >= 15 is 0 Å². The Bertz CT molecular complexity index is 926. The largest absolute Gasteiger partial charge is 0.369 e. The average Bonchev–Trinajstić information content (AvgIpc) is 3.02. The highest BCUT2D eigenvalue weighted by Gasteiger charge is 2.43. The Balaban J connectivity index is 1.65. The molecule has 2 aliphatic rings. The summed E-state index contributed by atoms with van der Waals surface area (Å²) in [6, 6.07) is 6.97. The summed E-state index contributed by atoms with van der Waals surface area (Å²) < 4.78 is 1.85. The van der Waals surface area contributed by atoms with Crippen LogP contribution in [0.1, 0.15) is 39.3 Å². The van der Waals surface area contributed by atoms with E-state index in [0.29, 0.717) is 18.9 Å². The van der Waals surface area contributed by atoms with Crippen LogP contribution in [-0.4, -0.2) is 58.7 Å². The van der Waals surface area contributed by atoms with E-state index < -0.39 is 5.41 Å². The van der Waals surface area contributed by atoms with Gasteiger partial charge in [-0.2, -0.15) is 5.10 Å². The maximum absolute atomic E-state index is 12.6. The number of nitrogens with zero attached hydrogens (tertiary/aromatic N) is 4. The summed E-state index contributed by atoms with van der Waals surface area (Å²) in [5.41, 5.74) is 2.19. The Kier molecular flexibility index (Phi) is 4.65. The number of carbonyl (C=O) groups excluding carboxylic acids is 2. The van der Waals surface area contributed by atoms with Gasteiger partial charge in [0, 0.05) is 56.8 Å². The van der Waals surface area contributed by atoms with Gasteiger partial charge in [0.25, 0.3) is 0 Å². The first kappa shape index (κ1) is 18.9. The molecular weight excluding hydrogens is 354 g/mol. The molecular formula is C21H29N5O2. The van der Waals surface area contributed by atoms with Gasteiger partial charge in [0.15, 0.2) is 0 Å². The zero-order valence-corrected chi connectivity index (χ0v) is 17.2. The number of anilines is 1. The van der Waals surface area contributed by atoms with E-state index in [9.17, 15) is 9.59 Å². The maximum Gasteiger partial charge on any atom is 0.238 e. The van der Waals surface area contributed by atoms with E-state index in [1.54, 1.807) is 0 Å². The molecule has 0 radical (unpaired) electrons. The van der Waals surface area contributed by atoms with Crippen molar-refractivity contribution in [2.75, 3.05) is 31.1 Å². The number of fused-ring (bicyclic) bond motifs is 1. The van der Waals surface area contributed by atoms with Crippen LogP contribution in [0.15, 0.2) is 18.2 Å². The lowest BCUT2D eigenvalue weighted by Gasteiger charge is -2.38. The second kappa shape index (κ2) is 6.88. The minimum atomic E-state index is -0.780. The van der Waals surface area contributed by atoms with Crippen molar-refractivity contribution < 1.29 is 9.59 Å². The summed E-state index contributed by atoms with van der Waals surface area (Å²) in [5, 5.41) is 8.16. The van der Waals surface area contributed by atoms with E-state index in [0.717, 1.165) is 42.8 Å². The van der Waals surface area contributed by atoms with Crippen molar-refractivity contribution >= 4 is 28.4 Å². The van der Waals surface area contributed by atoms with Crippen molar-refractivity contribution in [2.24, 2.45) is 7.05 Å². The summed E-state index contributed by atoms with van der Waals surface area (Å²) >= 11 is 0. The SMILES string of the molecule is CC(C)N1CCN(c2ccc3c(C4(C)CCC(=O)NC4=O)nn(C)c3c2)CC1. The Morgan fingerprint density at radius 2 is 1.86 bits per heavy atom. The summed E-state index contributed by atoms with van der Waals surface area (Å²) in [4.78, 5) is 29.1. The zero-order valence-electron chi connectivity index (χ0n) is 17.2. The Labute approximate surface area is 165 Å². The van der Waals surface area contributed by atoms with Gasteiger partial charge in [0.1, 0.15) is 0 Å². The van der Waals surface area contributed by atoms with E-state index in [1.165, 1.54) is 5.69 Å². The lowest BCUT2D eigenvalue weighted by molar-refractivity contribution is -0.137. The Morgan fingerprint density at radius 3 is 2.50 bits per heavy atom. The van der Waals surface area contributed by atoms with Crippen LogP contribution in [0.4, 0.5) is 5.69 Å². The monoisotopic (exact) mass is 383 g/mol. The lowest BCUT2D eigenvalue weighted by Crippen LogP contribution is -2.50. The van der Waals surface area contributed by atoms with Crippen LogP contribution in [0.2, 0.25) is 0 Å². The molecule has 2 amide bonds. The zero-order chi connectivity index (χ0) is 20.1. The first-order valence-corrected chi connectivity index (χ1v) is 10.1. The molecule has 2 saturated heterocycles. The van der Waals surface area contributed by atoms with Crippen LogP contribution >= 0.6 is 0 Å². The minimum absolute atomic E-state index is 0.203. The molecule has 1 aromatic carbocycles. The van der Waals surface area contributed by atoms with Crippen LogP contribution in [0.25, 0.3) is 10.9 Å². The number of benzene rings is 1. The molecule has 7 heteroatoms. The van der Waals surface area contributed by atoms with Crippen LogP contribution in [-0.2, 0) is 22.1 Å².